The Bertz CT molecular complexity index is 387. The standard InChI is InChI=1S/C14H20F2N2O/c1-10-7-12(9-18(10)2)17-8-11-3-5-13(6-4-11)19-14(15)16/h3-6,10,12,14,17H,7-9H2,1-2H3. The Morgan fingerprint density at radius 2 is 2.05 bits per heavy atom. The van der Waals surface area contributed by atoms with E-state index in [9.17, 15) is 8.78 Å². The number of rotatable bonds is 5. The van der Waals surface area contributed by atoms with Gasteiger partial charge in [0.05, 0.1) is 0 Å². The van der Waals surface area contributed by atoms with Crippen molar-refractivity contribution in [2.24, 2.45) is 0 Å². The fraction of sp³-hybridized carbons (Fsp3) is 0.571. The minimum atomic E-state index is -2.76. The van der Waals surface area contributed by atoms with Crippen LogP contribution in [0.15, 0.2) is 24.3 Å². The van der Waals surface area contributed by atoms with Crippen molar-refractivity contribution in [3.8, 4) is 5.75 Å². The Morgan fingerprint density at radius 1 is 1.37 bits per heavy atom. The van der Waals surface area contributed by atoms with E-state index in [1.165, 1.54) is 0 Å². The minimum Gasteiger partial charge on any atom is -0.435 e. The molecular weight excluding hydrogens is 250 g/mol. The lowest BCUT2D eigenvalue weighted by Gasteiger charge is -2.13. The summed E-state index contributed by atoms with van der Waals surface area (Å²) in [5, 5.41) is 3.49. The van der Waals surface area contributed by atoms with E-state index in [2.05, 4.69) is 28.9 Å². The van der Waals surface area contributed by atoms with Gasteiger partial charge in [-0.2, -0.15) is 8.78 Å². The molecule has 1 aliphatic heterocycles. The largest absolute Gasteiger partial charge is 0.435 e. The second kappa shape index (κ2) is 6.30. The Morgan fingerprint density at radius 3 is 2.58 bits per heavy atom. The van der Waals surface area contributed by atoms with Crippen molar-refractivity contribution >= 4 is 0 Å². The highest BCUT2D eigenvalue weighted by atomic mass is 19.3. The topological polar surface area (TPSA) is 24.5 Å². The summed E-state index contributed by atoms with van der Waals surface area (Å²) in [5.74, 6) is 0.202. The van der Waals surface area contributed by atoms with Gasteiger partial charge in [-0.15, -0.1) is 0 Å². The Labute approximate surface area is 112 Å². The summed E-state index contributed by atoms with van der Waals surface area (Å²) in [6.07, 6.45) is 1.14. The first-order valence-electron chi connectivity index (χ1n) is 6.52. The van der Waals surface area contributed by atoms with Crippen LogP contribution in [0.3, 0.4) is 0 Å². The molecule has 0 aromatic heterocycles. The third-order valence-electron chi connectivity index (χ3n) is 3.63. The first-order chi connectivity index (χ1) is 9.04. The zero-order valence-corrected chi connectivity index (χ0v) is 11.3. The van der Waals surface area contributed by atoms with Gasteiger partial charge in [0.1, 0.15) is 5.75 Å². The molecule has 0 bridgehead atoms. The summed E-state index contributed by atoms with van der Waals surface area (Å²) in [5.41, 5.74) is 1.07. The molecule has 2 atom stereocenters. The number of hydrogen-bond donors (Lipinski definition) is 1. The lowest BCUT2D eigenvalue weighted by atomic mass is 10.1. The molecule has 106 valence electrons. The predicted octanol–water partition coefficient (Wildman–Crippen LogP) is 2.47. The second-order valence-corrected chi connectivity index (χ2v) is 5.12. The number of hydrogen-bond acceptors (Lipinski definition) is 3. The number of alkyl halides is 2. The van der Waals surface area contributed by atoms with Crippen LogP contribution in [0.4, 0.5) is 8.78 Å². The molecule has 0 aliphatic carbocycles. The van der Waals surface area contributed by atoms with Crippen molar-refractivity contribution in [1.29, 1.82) is 0 Å². The fourth-order valence-electron chi connectivity index (χ4n) is 2.39. The summed E-state index contributed by atoms with van der Waals surface area (Å²) in [6, 6.07) is 7.88. The van der Waals surface area contributed by atoms with Crippen molar-refractivity contribution in [2.75, 3.05) is 13.6 Å². The highest BCUT2D eigenvalue weighted by molar-refractivity contribution is 5.27. The summed E-state index contributed by atoms with van der Waals surface area (Å²) >= 11 is 0. The highest BCUT2D eigenvalue weighted by Gasteiger charge is 2.25. The van der Waals surface area contributed by atoms with Crippen LogP contribution in [0.5, 0.6) is 5.75 Å². The van der Waals surface area contributed by atoms with Gasteiger partial charge in [-0.3, -0.25) is 0 Å². The van der Waals surface area contributed by atoms with Crippen molar-refractivity contribution in [3.63, 3.8) is 0 Å². The lowest BCUT2D eigenvalue weighted by Crippen LogP contribution is -2.31. The van der Waals surface area contributed by atoms with Gasteiger partial charge in [-0.05, 0) is 38.1 Å². The molecule has 19 heavy (non-hydrogen) atoms. The maximum Gasteiger partial charge on any atom is 0.387 e. The zero-order valence-electron chi connectivity index (χ0n) is 11.3. The van der Waals surface area contributed by atoms with Crippen LogP contribution < -0.4 is 10.1 Å². The molecule has 2 unspecified atom stereocenters. The Kier molecular flexibility index (Phi) is 4.71. The third-order valence-corrected chi connectivity index (χ3v) is 3.63. The van der Waals surface area contributed by atoms with Gasteiger partial charge >= 0.3 is 6.61 Å². The van der Waals surface area contributed by atoms with E-state index in [1.807, 2.05) is 12.1 Å². The van der Waals surface area contributed by atoms with E-state index in [4.69, 9.17) is 0 Å². The maximum absolute atomic E-state index is 12.0. The van der Waals surface area contributed by atoms with Crippen LogP contribution in [0, 0.1) is 0 Å². The number of likely N-dealkylation sites (tertiary alicyclic amines) is 1. The van der Waals surface area contributed by atoms with Gasteiger partial charge < -0.3 is 15.0 Å². The summed E-state index contributed by atoms with van der Waals surface area (Å²) in [7, 11) is 2.13. The summed E-state index contributed by atoms with van der Waals surface area (Å²) < 4.78 is 28.3. The molecular formula is C14H20F2N2O. The first-order valence-corrected chi connectivity index (χ1v) is 6.52. The smallest absolute Gasteiger partial charge is 0.387 e. The van der Waals surface area contributed by atoms with Gasteiger partial charge in [0.25, 0.3) is 0 Å². The molecule has 1 saturated heterocycles. The predicted molar refractivity (Wildman–Crippen MR) is 70.4 cm³/mol. The number of likely N-dealkylation sites (N-methyl/N-ethyl adjacent to an activating group) is 1. The quantitative estimate of drug-likeness (QED) is 0.889. The molecule has 0 spiro atoms. The molecule has 2 rings (SSSR count). The second-order valence-electron chi connectivity index (χ2n) is 5.12. The molecule has 1 aromatic carbocycles. The van der Waals surface area contributed by atoms with Crippen LogP contribution in [0.25, 0.3) is 0 Å². The fourth-order valence-corrected chi connectivity index (χ4v) is 2.39. The SMILES string of the molecule is CC1CC(NCc2ccc(OC(F)F)cc2)CN1C. The minimum absolute atomic E-state index is 0.202. The van der Waals surface area contributed by atoms with Gasteiger partial charge in [0.2, 0.25) is 0 Å². The van der Waals surface area contributed by atoms with Crippen LogP contribution >= 0.6 is 0 Å². The van der Waals surface area contributed by atoms with Crippen LogP contribution in [0.2, 0.25) is 0 Å². The van der Waals surface area contributed by atoms with E-state index in [1.54, 1.807) is 12.1 Å². The van der Waals surface area contributed by atoms with Crippen LogP contribution in [-0.2, 0) is 6.54 Å². The summed E-state index contributed by atoms with van der Waals surface area (Å²) in [4.78, 5) is 2.33. The number of halogens is 2. The van der Waals surface area contributed by atoms with Gasteiger partial charge in [0, 0.05) is 25.2 Å². The molecule has 5 heteroatoms. The Hall–Kier alpha value is -1.20. The molecule has 1 aromatic rings. The number of ether oxygens (including phenoxy) is 1. The van der Waals surface area contributed by atoms with Gasteiger partial charge in [-0.25, -0.2) is 0 Å². The molecule has 1 fully saturated rings. The highest BCUT2D eigenvalue weighted by Crippen LogP contribution is 2.17. The molecule has 0 saturated carbocycles. The number of nitrogens with zero attached hydrogens (tertiary/aromatic N) is 1. The molecule has 1 N–H and O–H groups in total. The summed E-state index contributed by atoms with van der Waals surface area (Å²) in [6.45, 7) is 1.26. The average molecular weight is 270 g/mol. The normalized spacial score (nSPS) is 24.1. The van der Waals surface area contributed by atoms with E-state index >= 15 is 0 Å². The monoisotopic (exact) mass is 270 g/mol. The van der Waals surface area contributed by atoms with Crippen molar-refractivity contribution in [1.82, 2.24) is 10.2 Å². The van der Waals surface area contributed by atoms with Crippen molar-refractivity contribution in [2.45, 2.75) is 38.6 Å². The van der Waals surface area contributed by atoms with Gasteiger partial charge in [-0.1, -0.05) is 12.1 Å². The van der Waals surface area contributed by atoms with Crippen molar-refractivity contribution < 1.29 is 13.5 Å². The van der Waals surface area contributed by atoms with E-state index in [-0.39, 0.29) is 5.75 Å². The third kappa shape index (κ3) is 4.14. The number of benzene rings is 1. The maximum atomic E-state index is 12.0. The van der Waals surface area contributed by atoms with Gasteiger partial charge in [0.15, 0.2) is 0 Å². The average Bonchev–Trinajstić information content (AvgIpc) is 2.67. The Balaban J connectivity index is 1.80. The molecule has 0 radical (unpaired) electrons. The molecule has 3 nitrogen and oxygen atoms in total. The van der Waals surface area contributed by atoms with Crippen LogP contribution in [0.1, 0.15) is 18.9 Å². The van der Waals surface area contributed by atoms with Crippen LogP contribution in [-0.4, -0.2) is 37.2 Å². The molecule has 1 aliphatic rings. The van der Waals surface area contributed by atoms with E-state index in [0.29, 0.717) is 12.1 Å². The van der Waals surface area contributed by atoms with Crippen molar-refractivity contribution in [3.05, 3.63) is 29.8 Å². The first kappa shape index (κ1) is 14.2. The lowest BCUT2D eigenvalue weighted by molar-refractivity contribution is -0.0498. The van der Waals surface area contributed by atoms with E-state index in [0.717, 1.165) is 25.1 Å². The zero-order chi connectivity index (χ0) is 13.8. The molecule has 0 amide bonds. The number of nitrogens with one attached hydrogen (secondary N) is 1. The molecule has 1 heterocycles. The van der Waals surface area contributed by atoms with E-state index < -0.39 is 6.61 Å².